The van der Waals surface area contributed by atoms with E-state index in [2.05, 4.69) is 32.8 Å². The fourth-order valence-corrected chi connectivity index (χ4v) is 2.02. The van der Waals surface area contributed by atoms with Gasteiger partial charge in [0.2, 0.25) is 0 Å². The number of aromatic nitrogens is 7. The number of nitrogen functional groups attached to an aromatic ring is 1. The van der Waals surface area contributed by atoms with Crippen LogP contribution in [0.5, 0.6) is 0 Å². The van der Waals surface area contributed by atoms with E-state index < -0.39 is 0 Å². The number of anilines is 1. The Morgan fingerprint density at radius 2 is 2.11 bits per heavy atom. The van der Waals surface area contributed by atoms with E-state index in [0.717, 1.165) is 37.2 Å². The van der Waals surface area contributed by atoms with Crippen molar-refractivity contribution in [3.05, 3.63) is 11.5 Å². The molecule has 0 unspecified atom stereocenters. The quantitative estimate of drug-likeness (QED) is 0.810. The Hall–Kier alpha value is -1.99. The number of hydrogen-bond acceptors (Lipinski definition) is 6. The van der Waals surface area contributed by atoms with Crippen molar-refractivity contribution < 1.29 is 0 Å². The van der Waals surface area contributed by atoms with Crippen molar-refractivity contribution in [3.8, 4) is 0 Å². The molecule has 96 valence electrons. The third-order valence-electron chi connectivity index (χ3n) is 3.10. The third kappa shape index (κ3) is 1.93. The molecule has 0 radical (unpaired) electrons. The Labute approximate surface area is 104 Å². The van der Waals surface area contributed by atoms with Crippen molar-refractivity contribution in [1.82, 2.24) is 35.2 Å². The Morgan fingerprint density at radius 1 is 1.28 bits per heavy atom. The number of tetrazole rings is 1. The number of nitrogens with two attached hydrogens (primary N) is 1. The first-order valence-corrected chi connectivity index (χ1v) is 6.24. The lowest BCUT2D eigenvalue weighted by atomic mass is 10.2. The van der Waals surface area contributed by atoms with Gasteiger partial charge in [0.15, 0.2) is 11.6 Å². The zero-order valence-electron chi connectivity index (χ0n) is 10.3. The van der Waals surface area contributed by atoms with Crippen LogP contribution < -0.4 is 5.73 Å². The molecule has 2 heterocycles. The molecule has 2 N–H and O–H groups in total. The van der Waals surface area contributed by atoms with Crippen molar-refractivity contribution in [2.24, 2.45) is 0 Å². The smallest absolute Gasteiger partial charge is 0.173 e. The molecule has 2 aromatic heterocycles. The monoisotopic (exact) mass is 248 g/mol. The minimum atomic E-state index is 0.463. The highest BCUT2D eigenvalue weighted by Crippen LogP contribution is 2.34. The third-order valence-corrected chi connectivity index (χ3v) is 3.10. The lowest BCUT2D eigenvalue weighted by Crippen LogP contribution is -2.13. The minimum absolute atomic E-state index is 0.463. The van der Waals surface area contributed by atoms with E-state index >= 15 is 0 Å². The van der Waals surface area contributed by atoms with Crippen molar-refractivity contribution in [3.63, 3.8) is 0 Å². The zero-order valence-corrected chi connectivity index (χ0v) is 10.3. The molecule has 0 saturated heterocycles. The topological polar surface area (TPSA) is 100 Å². The molecule has 0 atom stereocenters. The fraction of sp³-hybridized carbons (Fsp3) is 0.700. The maximum atomic E-state index is 5.81. The molecular formula is C10H16N8. The van der Waals surface area contributed by atoms with Gasteiger partial charge in [0, 0.05) is 0 Å². The number of nitrogens with zero attached hydrogens (tertiary/aromatic N) is 7. The molecule has 1 fully saturated rings. The Balaban J connectivity index is 1.85. The molecule has 8 heteroatoms. The van der Waals surface area contributed by atoms with Gasteiger partial charge in [-0.2, -0.15) is 0 Å². The van der Waals surface area contributed by atoms with Crippen LogP contribution in [0.3, 0.4) is 0 Å². The van der Waals surface area contributed by atoms with Crippen LogP contribution in [0.4, 0.5) is 5.82 Å². The SMILES string of the molecule is CCCc1c(N)nnn1Cc1nnnn1C1CC1. The summed E-state index contributed by atoms with van der Waals surface area (Å²) in [5, 5.41) is 19.8. The second kappa shape index (κ2) is 4.35. The Morgan fingerprint density at radius 3 is 2.83 bits per heavy atom. The van der Waals surface area contributed by atoms with E-state index in [-0.39, 0.29) is 0 Å². The predicted molar refractivity (Wildman–Crippen MR) is 63.6 cm³/mol. The predicted octanol–water partition coefficient (Wildman–Crippen LogP) is 0.182. The average molecular weight is 248 g/mol. The molecule has 0 aromatic carbocycles. The van der Waals surface area contributed by atoms with Gasteiger partial charge >= 0.3 is 0 Å². The number of hydrogen-bond donors (Lipinski definition) is 1. The molecule has 0 spiro atoms. The standard InChI is InChI=1S/C10H16N8/c1-2-3-8-10(11)13-15-17(8)6-9-12-14-16-18(9)7-4-5-7/h7H,2-6,11H2,1H3. The van der Waals surface area contributed by atoms with Crippen LogP contribution >= 0.6 is 0 Å². The summed E-state index contributed by atoms with van der Waals surface area (Å²) in [6.45, 7) is 2.63. The molecule has 8 nitrogen and oxygen atoms in total. The zero-order chi connectivity index (χ0) is 12.5. The summed E-state index contributed by atoms with van der Waals surface area (Å²) in [7, 11) is 0. The van der Waals surface area contributed by atoms with Gasteiger partial charge in [0.25, 0.3) is 0 Å². The summed E-state index contributed by atoms with van der Waals surface area (Å²) in [5.74, 6) is 1.32. The van der Waals surface area contributed by atoms with Crippen LogP contribution in [0.1, 0.15) is 43.7 Å². The van der Waals surface area contributed by atoms with Crippen LogP contribution in [0.15, 0.2) is 0 Å². The summed E-state index contributed by atoms with van der Waals surface area (Å²) in [4.78, 5) is 0. The van der Waals surface area contributed by atoms with Gasteiger partial charge in [-0.25, -0.2) is 9.36 Å². The molecule has 1 aliphatic rings. The lowest BCUT2D eigenvalue weighted by Gasteiger charge is -2.05. The number of rotatable bonds is 5. The first kappa shape index (κ1) is 11.1. The van der Waals surface area contributed by atoms with Gasteiger partial charge in [0.1, 0.15) is 6.54 Å². The van der Waals surface area contributed by atoms with Gasteiger partial charge in [-0.1, -0.05) is 18.6 Å². The van der Waals surface area contributed by atoms with Crippen molar-refractivity contribution >= 4 is 5.82 Å². The van der Waals surface area contributed by atoms with E-state index in [0.29, 0.717) is 18.4 Å². The fourth-order valence-electron chi connectivity index (χ4n) is 2.02. The molecule has 0 bridgehead atoms. The van der Waals surface area contributed by atoms with E-state index in [9.17, 15) is 0 Å². The van der Waals surface area contributed by atoms with Crippen LogP contribution in [-0.2, 0) is 13.0 Å². The van der Waals surface area contributed by atoms with Crippen molar-refractivity contribution in [1.29, 1.82) is 0 Å². The van der Waals surface area contributed by atoms with Crippen LogP contribution in [0.25, 0.3) is 0 Å². The highest BCUT2D eigenvalue weighted by atomic mass is 15.6. The molecule has 3 rings (SSSR count). The van der Waals surface area contributed by atoms with E-state index in [1.165, 1.54) is 0 Å². The summed E-state index contributed by atoms with van der Waals surface area (Å²) >= 11 is 0. The van der Waals surface area contributed by atoms with Crippen LogP contribution in [0, 0.1) is 0 Å². The van der Waals surface area contributed by atoms with Crippen LogP contribution in [-0.4, -0.2) is 35.2 Å². The van der Waals surface area contributed by atoms with E-state index in [1.807, 2.05) is 4.68 Å². The molecule has 1 saturated carbocycles. The molecule has 0 aliphatic heterocycles. The highest BCUT2D eigenvalue weighted by Gasteiger charge is 2.28. The highest BCUT2D eigenvalue weighted by molar-refractivity contribution is 5.33. The molecule has 1 aliphatic carbocycles. The van der Waals surface area contributed by atoms with Crippen LogP contribution in [0.2, 0.25) is 0 Å². The first-order valence-electron chi connectivity index (χ1n) is 6.24. The molecule has 18 heavy (non-hydrogen) atoms. The normalized spacial score (nSPS) is 15.2. The van der Waals surface area contributed by atoms with Crippen molar-refractivity contribution in [2.45, 2.75) is 45.2 Å². The summed E-state index contributed by atoms with van der Waals surface area (Å²) in [5.41, 5.74) is 6.77. The maximum absolute atomic E-state index is 5.81. The molecular weight excluding hydrogens is 232 g/mol. The summed E-state index contributed by atoms with van der Waals surface area (Å²) in [6, 6.07) is 0.463. The van der Waals surface area contributed by atoms with Gasteiger partial charge in [-0.15, -0.1) is 10.2 Å². The Kier molecular flexibility index (Phi) is 2.69. The summed E-state index contributed by atoms with van der Waals surface area (Å²) < 4.78 is 3.68. The Bertz CT molecular complexity index is 538. The molecule has 2 aromatic rings. The van der Waals surface area contributed by atoms with E-state index in [4.69, 9.17) is 5.73 Å². The molecule has 0 amide bonds. The van der Waals surface area contributed by atoms with E-state index in [1.54, 1.807) is 4.68 Å². The largest absolute Gasteiger partial charge is 0.381 e. The second-order valence-corrected chi connectivity index (χ2v) is 4.60. The van der Waals surface area contributed by atoms with Gasteiger partial charge in [-0.05, 0) is 29.7 Å². The lowest BCUT2D eigenvalue weighted by molar-refractivity contribution is 0.532. The second-order valence-electron chi connectivity index (χ2n) is 4.60. The minimum Gasteiger partial charge on any atom is -0.381 e. The average Bonchev–Trinajstić information content (AvgIpc) is 3.02. The van der Waals surface area contributed by atoms with Gasteiger partial charge in [0.05, 0.1) is 11.7 Å². The summed E-state index contributed by atoms with van der Waals surface area (Å²) in [6.07, 6.45) is 4.17. The van der Waals surface area contributed by atoms with Gasteiger partial charge in [-0.3, -0.25) is 0 Å². The van der Waals surface area contributed by atoms with Crippen molar-refractivity contribution in [2.75, 3.05) is 5.73 Å². The van der Waals surface area contributed by atoms with Gasteiger partial charge < -0.3 is 5.73 Å². The first-order chi connectivity index (χ1) is 8.79. The maximum Gasteiger partial charge on any atom is 0.173 e.